The molecule has 6 heteroatoms. The van der Waals surface area contributed by atoms with Gasteiger partial charge in [0.1, 0.15) is 5.52 Å². The molecular formula is C24H30N4O2. The van der Waals surface area contributed by atoms with Gasteiger partial charge >= 0.3 is 6.03 Å². The van der Waals surface area contributed by atoms with E-state index in [1.54, 1.807) is 0 Å². The van der Waals surface area contributed by atoms with Crippen molar-refractivity contribution in [2.45, 2.75) is 39.3 Å². The summed E-state index contributed by atoms with van der Waals surface area (Å²) in [6.45, 7) is 10.8. The molecule has 6 nitrogen and oxygen atoms in total. The number of nitrogens with zero attached hydrogens (tertiary/aromatic N) is 3. The number of amides is 2. The maximum atomic E-state index is 12.4. The fourth-order valence-electron chi connectivity index (χ4n) is 3.69. The van der Waals surface area contributed by atoms with Gasteiger partial charge in [0.2, 0.25) is 5.89 Å². The molecule has 0 unspecified atom stereocenters. The molecule has 0 saturated carbocycles. The molecule has 0 atom stereocenters. The van der Waals surface area contributed by atoms with Gasteiger partial charge in [-0.1, -0.05) is 57.2 Å². The zero-order valence-corrected chi connectivity index (χ0v) is 18.0. The van der Waals surface area contributed by atoms with Crippen LogP contribution in [0.15, 0.2) is 52.9 Å². The molecule has 0 bridgehead atoms. The minimum absolute atomic E-state index is 0.00456. The van der Waals surface area contributed by atoms with Crippen molar-refractivity contribution in [1.82, 2.24) is 20.1 Å². The van der Waals surface area contributed by atoms with E-state index in [1.807, 2.05) is 41.3 Å². The van der Waals surface area contributed by atoms with E-state index in [-0.39, 0.29) is 11.4 Å². The number of aromatic nitrogens is 1. The lowest BCUT2D eigenvalue weighted by Crippen LogP contribution is -2.51. The first-order valence-electron chi connectivity index (χ1n) is 10.6. The summed E-state index contributed by atoms with van der Waals surface area (Å²) in [6, 6.07) is 16.2. The van der Waals surface area contributed by atoms with Crippen LogP contribution in [0.3, 0.4) is 0 Å². The van der Waals surface area contributed by atoms with E-state index in [9.17, 15) is 4.79 Å². The number of benzene rings is 2. The van der Waals surface area contributed by atoms with E-state index < -0.39 is 0 Å². The number of oxazole rings is 1. The quantitative estimate of drug-likeness (QED) is 0.707. The molecule has 3 aromatic rings. The predicted molar refractivity (Wildman–Crippen MR) is 118 cm³/mol. The average molecular weight is 407 g/mol. The van der Waals surface area contributed by atoms with Crippen molar-refractivity contribution in [3.05, 3.63) is 65.5 Å². The summed E-state index contributed by atoms with van der Waals surface area (Å²) in [6.07, 6.45) is 0. The Labute approximate surface area is 177 Å². The lowest BCUT2D eigenvalue weighted by atomic mass is 9.87. The van der Waals surface area contributed by atoms with E-state index in [2.05, 4.69) is 43.1 Å². The zero-order chi connectivity index (χ0) is 21.1. The Hall–Kier alpha value is -2.86. The third-order valence-corrected chi connectivity index (χ3v) is 5.60. The van der Waals surface area contributed by atoms with Crippen LogP contribution in [0.4, 0.5) is 4.79 Å². The Morgan fingerprint density at radius 2 is 1.80 bits per heavy atom. The lowest BCUT2D eigenvalue weighted by Gasteiger charge is -2.34. The van der Waals surface area contributed by atoms with Gasteiger partial charge in [0.15, 0.2) is 5.58 Å². The molecule has 158 valence electrons. The standard InChI is InChI=1S/C24H30N4O2/c1-24(2,3)19-9-10-21-20(15-19)26-22(30-21)17-27-11-13-28(14-12-27)23(29)25-16-18-7-5-4-6-8-18/h4-10,15H,11-14,16-17H2,1-3H3,(H,25,29). The first kappa shape index (κ1) is 20.4. The minimum Gasteiger partial charge on any atom is -0.439 e. The average Bonchev–Trinajstić information content (AvgIpc) is 3.14. The first-order chi connectivity index (χ1) is 14.4. The smallest absolute Gasteiger partial charge is 0.317 e. The van der Waals surface area contributed by atoms with E-state index in [0.717, 1.165) is 35.6 Å². The van der Waals surface area contributed by atoms with Crippen LogP contribution in [0.25, 0.3) is 11.1 Å². The van der Waals surface area contributed by atoms with Crippen LogP contribution in [0, 0.1) is 0 Å². The second-order valence-corrected chi connectivity index (χ2v) is 8.95. The van der Waals surface area contributed by atoms with Crippen LogP contribution in [0.5, 0.6) is 0 Å². The SMILES string of the molecule is CC(C)(C)c1ccc2oc(CN3CCN(C(=O)NCc4ccccc4)CC3)nc2c1. The van der Waals surface area contributed by atoms with Crippen LogP contribution in [-0.4, -0.2) is 47.0 Å². The monoisotopic (exact) mass is 406 g/mol. The van der Waals surface area contributed by atoms with Crippen molar-refractivity contribution in [3.63, 3.8) is 0 Å². The molecule has 2 aromatic carbocycles. The summed E-state index contributed by atoms with van der Waals surface area (Å²) in [4.78, 5) is 21.3. The second kappa shape index (κ2) is 8.48. The molecule has 1 aromatic heterocycles. The summed E-state index contributed by atoms with van der Waals surface area (Å²) in [5.41, 5.74) is 4.19. The van der Waals surface area contributed by atoms with Gasteiger partial charge in [-0.15, -0.1) is 0 Å². The number of carbonyl (C=O) groups excluding carboxylic acids is 1. The van der Waals surface area contributed by atoms with E-state index in [4.69, 9.17) is 9.40 Å². The van der Waals surface area contributed by atoms with Crippen molar-refractivity contribution in [2.75, 3.05) is 26.2 Å². The Kier molecular flexibility index (Phi) is 5.77. The molecule has 1 aliphatic rings. The number of carbonyl (C=O) groups is 1. The van der Waals surface area contributed by atoms with Gasteiger partial charge in [-0.25, -0.2) is 9.78 Å². The summed E-state index contributed by atoms with van der Waals surface area (Å²) >= 11 is 0. The molecule has 30 heavy (non-hydrogen) atoms. The molecule has 1 saturated heterocycles. The number of hydrogen-bond donors (Lipinski definition) is 1. The second-order valence-electron chi connectivity index (χ2n) is 8.95. The normalized spacial score (nSPS) is 15.5. The summed E-state index contributed by atoms with van der Waals surface area (Å²) in [5, 5.41) is 3.01. The topological polar surface area (TPSA) is 61.6 Å². The summed E-state index contributed by atoms with van der Waals surface area (Å²) in [7, 11) is 0. The lowest BCUT2D eigenvalue weighted by molar-refractivity contribution is 0.129. The van der Waals surface area contributed by atoms with Crippen LogP contribution < -0.4 is 5.32 Å². The Morgan fingerprint density at radius 1 is 1.07 bits per heavy atom. The van der Waals surface area contributed by atoms with Crippen molar-refractivity contribution in [2.24, 2.45) is 0 Å². The van der Waals surface area contributed by atoms with Crippen molar-refractivity contribution in [3.8, 4) is 0 Å². The number of hydrogen-bond acceptors (Lipinski definition) is 4. The molecule has 0 aliphatic carbocycles. The van der Waals surface area contributed by atoms with Gasteiger partial charge in [0.25, 0.3) is 0 Å². The van der Waals surface area contributed by atoms with Gasteiger partial charge in [0, 0.05) is 32.7 Å². The predicted octanol–water partition coefficient (Wildman–Crippen LogP) is 4.15. The fraction of sp³-hybridized carbons (Fsp3) is 0.417. The van der Waals surface area contributed by atoms with Gasteiger partial charge in [-0.2, -0.15) is 0 Å². The molecular weight excluding hydrogens is 376 g/mol. The highest BCUT2D eigenvalue weighted by atomic mass is 16.3. The summed E-state index contributed by atoms with van der Waals surface area (Å²) < 4.78 is 5.95. The van der Waals surface area contributed by atoms with Gasteiger partial charge < -0.3 is 14.6 Å². The molecule has 0 radical (unpaired) electrons. The highest BCUT2D eigenvalue weighted by Crippen LogP contribution is 2.26. The van der Waals surface area contributed by atoms with E-state index in [1.165, 1.54) is 5.56 Å². The van der Waals surface area contributed by atoms with Crippen LogP contribution in [-0.2, 0) is 18.5 Å². The van der Waals surface area contributed by atoms with Crippen molar-refractivity contribution < 1.29 is 9.21 Å². The molecule has 4 rings (SSSR count). The van der Waals surface area contributed by atoms with Gasteiger partial charge in [0.05, 0.1) is 6.54 Å². The molecule has 1 aliphatic heterocycles. The molecule has 2 heterocycles. The maximum absolute atomic E-state index is 12.4. The Balaban J connectivity index is 1.29. The van der Waals surface area contributed by atoms with Crippen molar-refractivity contribution >= 4 is 17.1 Å². The van der Waals surface area contributed by atoms with Crippen LogP contribution in [0.1, 0.15) is 37.8 Å². The number of fused-ring (bicyclic) bond motifs is 1. The zero-order valence-electron chi connectivity index (χ0n) is 18.0. The van der Waals surface area contributed by atoms with E-state index >= 15 is 0 Å². The third kappa shape index (κ3) is 4.82. The maximum Gasteiger partial charge on any atom is 0.317 e. The van der Waals surface area contributed by atoms with Crippen LogP contribution >= 0.6 is 0 Å². The third-order valence-electron chi connectivity index (χ3n) is 5.60. The first-order valence-corrected chi connectivity index (χ1v) is 10.6. The van der Waals surface area contributed by atoms with Gasteiger partial charge in [-0.05, 0) is 28.7 Å². The largest absolute Gasteiger partial charge is 0.439 e. The number of nitrogens with one attached hydrogen (secondary N) is 1. The Bertz CT molecular complexity index is 999. The van der Waals surface area contributed by atoms with Gasteiger partial charge in [-0.3, -0.25) is 4.90 Å². The highest BCUT2D eigenvalue weighted by Gasteiger charge is 2.22. The van der Waals surface area contributed by atoms with E-state index in [0.29, 0.717) is 26.2 Å². The molecule has 0 spiro atoms. The summed E-state index contributed by atoms with van der Waals surface area (Å²) in [5.74, 6) is 0.734. The highest BCUT2D eigenvalue weighted by molar-refractivity contribution is 5.74. The number of urea groups is 1. The number of piperazine rings is 1. The molecule has 1 N–H and O–H groups in total. The molecule has 1 fully saturated rings. The Morgan fingerprint density at radius 3 is 2.50 bits per heavy atom. The minimum atomic E-state index is -0.00456. The number of rotatable bonds is 4. The van der Waals surface area contributed by atoms with Crippen LogP contribution in [0.2, 0.25) is 0 Å². The molecule has 2 amide bonds. The fourth-order valence-corrected chi connectivity index (χ4v) is 3.69. The van der Waals surface area contributed by atoms with Crippen molar-refractivity contribution in [1.29, 1.82) is 0 Å².